The van der Waals surface area contributed by atoms with Crippen LogP contribution in [0, 0.1) is 0 Å². The van der Waals surface area contributed by atoms with Crippen LogP contribution in [0.5, 0.6) is 11.5 Å². The average Bonchev–Trinajstić information content (AvgIpc) is 2.66. The molecule has 3 rings (SSSR count). The molecule has 0 saturated heterocycles. The van der Waals surface area contributed by atoms with Gasteiger partial charge in [-0.05, 0) is 49.1 Å². The van der Waals surface area contributed by atoms with Crippen molar-refractivity contribution < 1.29 is 9.47 Å². The van der Waals surface area contributed by atoms with E-state index >= 15 is 0 Å². The first-order chi connectivity index (χ1) is 13.0. The highest BCUT2D eigenvalue weighted by molar-refractivity contribution is 5.43. The topological polar surface area (TPSA) is 44.5 Å². The summed E-state index contributed by atoms with van der Waals surface area (Å²) in [5, 5.41) is 0. The molecule has 3 aromatic rings. The maximum absolute atomic E-state index is 6.18. The van der Waals surface area contributed by atoms with Gasteiger partial charge in [0.05, 0.1) is 0 Å². The van der Waals surface area contributed by atoms with Gasteiger partial charge in [-0.15, -0.1) is 0 Å². The van der Waals surface area contributed by atoms with E-state index in [1.165, 1.54) is 0 Å². The highest BCUT2D eigenvalue weighted by Crippen LogP contribution is 2.31. The second-order valence-corrected chi connectivity index (χ2v) is 7.49. The van der Waals surface area contributed by atoms with E-state index in [2.05, 4.69) is 30.3 Å². The van der Waals surface area contributed by atoms with Crippen LogP contribution in [0.2, 0.25) is 0 Å². The SMILES string of the molecule is CC(C)(N)Cc1ccc(OCc2ccccc2)c(OCc2ccccc2)c1. The highest BCUT2D eigenvalue weighted by atomic mass is 16.5. The van der Waals surface area contributed by atoms with Crippen LogP contribution in [0.25, 0.3) is 0 Å². The molecule has 27 heavy (non-hydrogen) atoms. The summed E-state index contributed by atoms with van der Waals surface area (Å²) in [6, 6.07) is 26.3. The van der Waals surface area contributed by atoms with Gasteiger partial charge in [0.15, 0.2) is 11.5 Å². The normalized spacial score (nSPS) is 11.2. The van der Waals surface area contributed by atoms with Gasteiger partial charge >= 0.3 is 0 Å². The van der Waals surface area contributed by atoms with Gasteiger partial charge < -0.3 is 15.2 Å². The molecule has 0 radical (unpaired) electrons. The molecule has 0 aromatic heterocycles. The molecule has 0 atom stereocenters. The smallest absolute Gasteiger partial charge is 0.161 e. The van der Waals surface area contributed by atoms with Crippen molar-refractivity contribution in [2.45, 2.75) is 39.0 Å². The molecule has 0 spiro atoms. The summed E-state index contributed by atoms with van der Waals surface area (Å²) < 4.78 is 12.1. The third-order valence-electron chi connectivity index (χ3n) is 4.14. The van der Waals surface area contributed by atoms with E-state index in [1.54, 1.807) is 0 Å². The van der Waals surface area contributed by atoms with Crippen molar-refractivity contribution in [2.24, 2.45) is 5.73 Å². The van der Waals surface area contributed by atoms with E-state index in [1.807, 2.05) is 62.4 Å². The van der Waals surface area contributed by atoms with E-state index in [9.17, 15) is 0 Å². The van der Waals surface area contributed by atoms with Crippen LogP contribution in [-0.4, -0.2) is 5.54 Å². The van der Waals surface area contributed by atoms with Gasteiger partial charge in [0.25, 0.3) is 0 Å². The first kappa shape index (κ1) is 19.0. The monoisotopic (exact) mass is 361 g/mol. The van der Waals surface area contributed by atoms with Gasteiger partial charge in [0.1, 0.15) is 13.2 Å². The predicted molar refractivity (Wildman–Crippen MR) is 110 cm³/mol. The van der Waals surface area contributed by atoms with Crippen molar-refractivity contribution in [1.29, 1.82) is 0 Å². The third kappa shape index (κ3) is 6.15. The lowest BCUT2D eigenvalue weighted by Gasteiger charge is -2.20. The molecule has 140 valence electrons. The van der Waals surface area contributed by atoms with Gasteiger partial charge in [-0.1, -0.05) is 66.7 Å². The van der Waals surface area contributed by atoms with Crippen LogP contribution in [0.1, 0.15) is 30.5 Å². The summed E-state index contributed by atoms with van der Waals surface area (Å²) in [7, 11) is 0. The molecule has 3 aromatic carbocycles. The zero-order valence-electron chi connectivity index (χ0n) is 16.0. The molecule has 3 nitrogen and oxygen atoms in total. The Morgan fingerprint density at radius 2 is 1.19 bits per heavy atom. The van der Waals surface area contributed by atoms with Crippen molar-refractivity contribution in [3.63, 3.8) is 0 Å². The molecule has 2 N–H and O–H groups in total. The lowest BCUT2D eigenvalue weighted by molar-refractivity contribution is 0.255. The third-order valence-corrected chi connectivity index (χ3v) is 4.14. The van der Waals surface area contributed by atoms with E-state index in [4.69, 9.17) is 15.2 Å². The van der Waals surface area contributed by atoms with Crippen molar-refractivity contribution in [3.05, 3.63) is 95.6 Å². The van der Waals surface area contributed by atoms with Crippen molar-refractivity contribution in [2.75, 3.05) is 0 Å². The summed E-state index contributed by atoms with van der Waals surface area (Å²) in [5.74, 6) is 1.49. The molecular formula is C24H27NO2. The molecule has 0 bridgehead atoms. The molecule has 0 heterocycles. The Morgan fingerprint density at radius 1 is 0.667 bits per heavy atom. The molecule has 3 heteroatoms. The molecule has 0 aliphatic rings. The zero-order chi connectivity index (χ0) is 19.1. The second kappa shape index (κ2) is 8.74. The van der Waals surface area contributed by atoms with E-state index in [0.29, 0.717) is 13.2 Å². The summed E-state index contributed by atoms with van der Waals surface area (Å²) in [6.07, 6.45) is 0.771. The van der Waals surface area contributed by atoms with Crippen LogP contribution in [-0.2, 0) is 19.6 Å². The van der Waals surface area contributed by atoms with Crippen LogP contribution < -0.4 is 15.2 Å². The molecule has 0 aliphatic heterocycles. The standard InChI is InChI=1S/C24H27NO2/c1-24(2,25)16-21-13-14-22(26-17-19-9-5-3-6-10-19)23(15-21)27-18-20-11-7-4-8-12-20/h3-15H,16-18,25H2,1-2H3. The molecule has 0 fully saturated rings. The van der Waals surface area contributed by atoms with Crippen molar-refractivity contribution in [1.82, 2.24) is 0 Å². The Balaban J connectivity index is 1.77. The van der Waals surface area contributed by atoms with Gasteiger partial charge in [-0.3, -0.25) is 0 Å². The predicted octanol–water partition coefficient (Wildman–Crippen LogP) is 5.12. The number of rotatable bonds is 8. The minimum absolute atomic E-state index is 0.275. The fourth-order valence-corrected chi connectivity index (χ4v) is 2.89. The molecule has 0 unspecified atom stereocenters. The van der Waals surface area contributed by atoms with Gasteiger partial charge in [-0.2, -0.15) is 0 Å². The fraction of sp³-hybridized carbons (Fsp3) is 0.250. The quantitative estimate of drug-likeness (QED) is 0.605. The largest absolute Gasteiger partial charge is 0.485 e. The Hall–Kier alpha value is -2.78. The van der Waals surface area contributed by atoms with E-state index in [0.717, 1.165) is 34.6 Å². The lowest BCUT2D eigenvalue weighted by Crippen LogP contribution is -2.34. The Bertz CT molecular complexity index is 839. The Labute approximate surface area is 161 Å². The number of hydrogen-bond acceptors (Lipinski definition) is 3. The molecule has 0 amide bonds. The van der Waals surface area contributed by atoms with Crippen LogP contribution in [0.15, 0.2) is 78.9 Å². The van der Waals surface area contributed by atoms with Crippen molar-refractivity contribution in [3.8, 4) is 11.5 Å². The molecule has 0 aliphatic carbocycles. The van der Waals surface area contributed by atoms with Crippen LogP contribution in [0.3, 0.4) is 0 Å². The van der Waals surface area contributed by atoms with Crippen LogP contribution in [0.4, 0.5) is 0 Å². The number of hydrogen-bond donors (Lipinski definition) is 1. The zero-order valence-corrected chi connectivity index (χ0v) is 16.0. The van der Waals surface area contributed by atoms with Gasteiger partial charge in [0.2, 0.25) is 0 Å². The summed E-state index contributed by atoms with van der Waals surface area (Å²) in [6.45, 7) is 5.05. The minimum Gasteiger partial charge on any atom is -0.485 e. The maximum Gasteiger partial charge on any atom is 0.161 e. The summed E-state index contributed by atoms with van der Waals surface area (Å²) >= 11 is 0. The Morgan fingerprint density at radius 3 is 1.70 bits per heavy atom. The average molecular weight is 361 g/mol. The van der Waals surface area contributed by atoms with E-state index < -0.39 is 0 Å². The first-order valence-corrected chi connectivity index (χ1v) is 9.25. The molecular weight excluding hydrogens is 334 g/mol. The summed E-state index contributed by atoms with van der Waals surface area (Å²) in [4.78, 5) is 0. The summed E-state index contributed by atoms with van der Waals surface area (Å²) in [5.41, 5.74) is 9.29. The van der Waals surface area contributed by atoms with Crippen molar-refractivity contribution >= 4 is 0 Å². The van der Waals surface area contributed by atoms with Gasteiger partial charge in [0, 0.05) is 5.54 Å². The number of ether oxygens (including phenoxy) is 2. The minimum atomic E-state index is -0.275. The van der Waals surface area contributed by atoms with E-state index in [-0.39, 0.29) is 5.54 Å². The Kier molecular flexibility index (Phi) is 6.15. The van der Waals surface area contributed by atoms with Gasteiger partial charge in [-0.25, -0.2) is 0 Å². The second-order valence-electron chi connectivity index (χ2n) is 7.49. The lowest BCUT2D eigenvalue weighted by atomic mass is 9.96. The number of benzene rings is 3. The maximum atomic E-state index is 6.18. The van der Waals surface area contributed by atoms with Crippen LogP contribution >= 0.6 is 0 Å². The number of nitrogens with two attached hydrogens (primary N) is 1. The molecule has 0 saturated carbocycles. The first-order valence-electron chi connectivity index (χ1n) is 9.25. The highest BCUT2D eigenvalue weighted by Gasteiger charge is 2.14. The fourth-order valence-electron chi connectivity index (χ4n) is 2.89.